The number of ether oxygens (including phenoxy) is 2. The van der Waals surface area contributed by atoms with Gasteiger partial charge in [0.05, 0.1) is 11.7 Å². The Hall–Kier alpha value is -1.06. The lowest BCUT2D eigenvalue weighted by Crippen LogP contribution is -2.44. The molecule has 25 heavy (non-hydrogen) atoms. The van der Waals surface area contributed by atoms with Gasteiger partial charge in [-0.3, -0.25) is 0 Å². The molecule has 0 radical (unpaired) electrons. The lowest BCUT2D eigenvalue weighted by Gasteiger charge is -2.36. The van der Waals surface area contributed by atoms with Gasteiger partial charge >= 0.3 is 0 Å². The summed E-state index contributed by atoms with van der Waals surface area (Å²) in [4.78, 5) is 0. The molecule has 0 aromatic heterocycles. The summed E-state index contributed by atoms with van der Waals surface area (Å²) in [5.74, 6) is 2.17. The minimum absolute atomic E-state index is 0.0135. The fraction of sp³-hybridized carbons (Fsp3) is 0.727. The Kier molecular flexibility index (Phi) is 7.33. The van der Waals surface area contributed by atoms with Crippen molar-refractivity contribution in [2.45, 2.75) is 84.5 Å². The molecule has 1 heterocycles. The molecule has 1 aromatic rings. The molecule has 0 spiro atoms. The van der Waals surface area contributed by atoms with Gasteiger partial charge in [-0.15, -0.1) is 0 Å². The molecule has 3 heteroatoms. The Morgan fingerprint density at radius 3 is 2.40 bits per heavy atom. The molecular weight excluding hydrogens is 310 g/mol. The van der Waals surface area contributed by atoms with E-state index in [0.717, 1.165) is 31.7 Å². The van der Waals surface area contributed by atoms with Crippen molar-refractivity contribution in [2.24, 2.45) is 5.92 Å². The number of benzene rings is 1. The number of hydrogen-bond acceptors (Lipinski definition) is 3. The molecule has 1 fully saturated rings. The quantitative estimate of drug-likeness (QED) is 0.705. The summed E-state index contributed by atoms with van der Waals surface area (Å²) in [6, 6.07) is 9.27. The topological polar surface area (TPSA) is 30.5 Å². The van der Waals surface area contributed by atoms with E-state index in [4.69, 9.17) is 9.47 Å². The highest BCUT2D eigenvalue weighted by molar-refractivity contribution is 5.30. The van der Waals surface area contributed by atoms with E-state index in [2.05, 4.69) is 71.1 Å². The molecule has 3 nitrogen and oxygen atoms in total. The van der Waals surface area contributed by atoms with E-state index in [1.807, 2.05) is 0 Å². The van der Waals surface area contributed by atoms with Gasteiger partial charge in [-0.25, -0.2) is 0 Å². The highest BCUT2D eigenvalue weighted by atomic mass is 16.5. The predicted octanol–water partition coefficient (Wildman–Crippen LogP) is 5.15. The van der Waals surface area contributed by atoms with Crippen LogP contribution in [0, 0.1) is 5.92 Å². The summed E-state index contributed by atoms with van der Waals surface area (Å²) in [6.45, 7) is 15.1. The van der Waals surface area contributed by atoms with Crippen LogP contribution in [0.4, 0.5) is 0 Å². The van der Waals surface area contributed by atoms with Gasteiger partial charge in [-0.2, -0.15) is 0 Å². The molecule has 2 atom stereocenters. The van der Waals surface area contributed by atoms with Gasteiger partial charge in [0.15, 0.2) is 0 Å². The van der Waals surface area contributed by atoms with Crippen molar-refractivity contribution in [1.82, 2.24) is 5.32 Å². The van der Waals surface area contributed by atoms with E-state index in [0.29, 0.717) is 17.9 Å². The average molecular weight is 348 g/mol. The molecule has 0 bridgehead atoms. The van der Waals surface area contributed by atoms with Gasteiger partial charge in [0.2, 0.25) is 0 Å². The Bertz CT molecular complexity index is 507. The number of rotatable bonds is 8. The first kappa shape index (κ1) is 20.3. The molecule has 0 unspecified atom stereocenters. The normalized spacial score (nSPS) is 21.5. The molecule has 2 rings (SSSR count). The SMILES string of the molecule is CC(C)Oc1ccc([C@@H](CCN[C@H]2CCOC(C)(C)C2)C(C)C)cc1. The maximum atomic E-state index is 5.82. The smallest absolute Gasteiger partial charge is 0.119 e. The first-order valence-electron chi connectivity index (χ1n) is 9.91. The number of nitrogens with one attached hydrogen (secondary N) is 1. The average Bonchev–Trinajstić information content (AvgIpc) is 2.51. The van der Waals surface area contributed by atoms with Gasteiger partial charge in [0.25, 0.3) is 0 Å². The zero-order valence-corrected chi connectivity index (χ0v) is 17.0. The molecule has 142 valence electrons. The van der Waals surface area contributed by atoms with Crippen molar-refractivity contribution in [3.05, 3.63) is 29.8 Å². The van der Waals surface area contributed by atoms with Crippen LogP contribution in [0.2, 0.25) is 0 Å². The fourth-order valence-corrected chi connectivity index (χ4v) is 3.80. The van der Waals surface area contributed by atoms with E-state index in [1.165, 1.54) is 12.0 Å². The maximum Gasteiger partial charge on any atom is 0.119 e. The van der Waals surface area contributed by atoms with Gasteiger partial charge in [0, 0.05) is 12.6 Å². The minimum atomic E-state index is 0.0135. The van der Waals surface area contributed by atoms with E-state index in [-0.39, 0.29) is 11.7 Å². The molecule has 1 aromatic carbocycles. The van der Waals surface area contributed by atoms with Crippen LogP contribution in [0.5, 0.6) is 5.75 Å². The summed E-state index contributed by atoms with van der Waals surface area (Å²) in [7, 11) is 0. The monoisotopic (exact) mass is 347 g/mol. The molecule has 1 aliphatic rings. The van der Waals surface area contributed by atoms with Crippen LogP contribution in [0.15, 0.2) is 24.3 Å². The van der Waals surface area contributed by atoms with Crippen LogP contribution in [0.1, 0.15) is 72.3 Å². The summed E-state index contributed by atoms with van der Waals surface area (Å²) in [6.07, 6.45) is 3.61. The predicted molar refractivity (Wildman–Crippen MR) is 105 cm³/mol. The fourth-order valence-electron chi connectivity index (χ4n) is 3.80. The van der Waals surface area contributed by atoms with Crippen LogP contribution >= 0.6 is 0 Å². The highest BCUT2D eigenvalue weighted by Gasteiger charge is 2.28. The van der Waals surface area contributed by atoms with Gasteiger partial charge in [-0.1, -0.05) is 26.0 Å². The van der Waals surface area contributed by atoms with Crippen LogP contribution in [0.3, 0.4) is 0 Å². The van der Waals surface area contributed by atoms with E-state index < -0.39 is 0 Å². The van der Waals surface area contributed by atoms with Gasteiger partial charge in [-0.05, 0) is 83.0 Å². The van der Waals surface area contributed by atoms with Crippen molar-refractivity contribution in [2.75, 3.05) is 13.2 Å². The second-order valence-electron chi connectivity index (χ2n) is 8.63. The van der Waals surface area contributed by atoms with Crippen LogP contribution in [0.25, 0.3) is 0 Å². The van der Waals surface area contributed by atoms with Gasteiger partial charge < -0.3 is 14.8 Å². The van der Waals surface area contributed by atoms with Gasteiger partial charge in [0.1, 0.15) is 5.75 Å². The third-order valence-corrected chi connectivity index (χ3v) is 5.07. The summed E-state index contributed by atoms with van der Waals surface area (Å²) in [5, 5.41) is 3.77. The standard InChI is InChI=1S/C22H37NO2/c1-16(2)21(18-7-9-20(10-8-18)25-17(3)4)11-13-23-19-12-14-24-22(5,6)15-19/h7-10,16-17,19,21,23H,11-15H2,1-6H3/t19-,21-/m0/s1. The summed E-state index contributed by atoms with van der Waals surface area (Å²) < 4.78 is 11.6. The molecule has 1 N–H and O–H groups in total. The molecular formula is C22H37NO2. The third-order valence-electron chi connectivity index (χ3n) is 5.07. The second kappa shape index (κ2) is 9.05. The maximum absolute atomic E-state index is 5.82. The van der Waals surface area contributed by atoms with Crippen LogP contribution in [-0.4, -0.2) is 30.9 Å². The second-order valence-corrected chi connectivity index (χ2v) is 8.63. The first-order chi connectivity index (χ1) is 11.8. The lowest BCUT2D eigenvalue weighted by atomic mass is 9.85. The van der Waals surface area contributed by atoms with E-state index in [9.17, 15) is 0 Å². The Morgan fingerprint density at radius 1 is 1.16 bits per heavy atom. The van der Waals surface area contributed by atoms with Crippen molar-refractivity contribution < 1.29 is 9.47 Å². The number of hydrogen-bond donors (Lipinski definition) is 1. The van der Waals surface area contributed by atoms with Crippen molar-refractivity contribution in [3.63, 3.8) is 0 Å². The summed E-state index contributed by atoms with van der Waals surface area (Å²) >= 11 is 0. The van der Waals surface area contributed by atoms with E-state index in [1.54, 1.807) is 0 Å². The Morgan fingerprint density at radius 2 is 1.84 bits per heavy atom. The zero-order chi connectivity index (χ0) is 18.4. The van der Waals surface area contributed by atoms with Crippen molar-refractivity contribution >= 4 is 0 Å². The Balaban J connectivity index is 1.88. The highest BCUT2D eigenvalue weighted by Crippen LogP contribution is 2.30. The Labute approximate surface area is 154 Å². The summed E-state index contributed by atoms with van der Waals surface area (Å²) in [5.41, 5.74) is 1.43. The first-order valence-corrected chi connectivity index (χ1v) is 9.91. The molecule has 1 aliphatic heterocycles. The lowest BCUT2D eigenvalue weighted by molar-refractivity contribution is -0.0628. The largest absolute Gasteiger partial charge is 0.491 e. The van der Waals surface area contributed by atoms with Crippen LogP contribution < -0.4 is 10.1 Å². The molecule has 0 amide bonds. The molecule has 0 saturated carbocycles. The molecule has 0 aliphatic carbocycles. The van der Waals surface area contributed by atoms with Crippen molar-refractivity contribution in [3.8, 4) is 5.75 Å². The van der Waals surface area contributed by atoms with Crippen molar-refractivity contribution in [1.29, 1.82) is 0 Å². The zero-order valence-electron chi connectivity index (χ0n) is 17.0. The van der Waals surface area contributed by atoms with E-state index >= 15 is 0 Å². The molecule has 1 saturated heterocycles. The minimum Gasteiger partial charge on any atom is -0.491 e. The third kappa shape index (κ3) is 6.63. The van der Waals surface area contributed by atoms with Crippen LogP contribution in [-0.2, 0) is 4.74 Å².